The Kier molecular flexibility index (Phi) is 6.43. The SMILES string of the molecule is COc1ccc([C@@H](c2nnnn2Cc2ccc(F)cc2)[NH+]2CC[NH+](C)CC2)c(OC)c1. The summed E-state index contributed by atoms with van der Waals surface area (Å²) in [6, 6.07) is 12.2. The van der Waals surface area contributed by atoms with Crippen molar-refractivity contribution in [1.82, 2.24) is 20.2 Å². The molecule has 31 heavy (non-hydrogen) atoms. The van der Waals surface area contributed by atoms with Gasteiger partial charge < -0.3 is 19.3 Å². The van der Waals surface area contributed by atoms with E-state index in [-0.39, 0.29) is 11.9 Å². The number of halogens is 1. The van der Waals surface area contributed by atoms with E-state index in [1.165, 1.54) is 21.9 Å². The number of ether oxygens (including phenoxy) is 2. The first-order valence-electron chi connectivity index (χ1n) is 10.5. The lowest BCUT2D eigenvalue weighted by Gasteiger charge is -2.33. The van der Waals surface area contributed by atoms with Crippen LogP contribution >= 0.6 is 0 Å². The molecule has 2 aromatic carbocycles. The van der Waals surface area contributed by atoms with Gasteiger partial charge in [-0.3, -0.25) is 0 Å². The van der Waals surface area contributed by atoms with Crippen molar-refractivity contribution in [3.05, 3.63) is 65.2 Å². The van der Waals surface area contributed by atoms with Crippen LogP contribution < -0.4 is 19.3 Å². The van der Waals surface area contributed by atoms with Crippen molar-refractivity contribution >= 4 is 0 Å². The molecular formula is C22H29FN6O2+2. The summed E-state index contributed by atoms with van der Waals surface area (Å²) in [6.45, 7) is 4.61. The first-order valence-corrected chi connectivity index (χ1v) is 10.5. The summed E-state index contributed by atoms with van der Waals surface area (Å²) in [4.78, 5) is 2.92. The molecule has 2 heterocycles. The Morgan fingerprint density at radius 2 is 1.77 bits per heavy atom. The molecule has 164 valence electrons. The molecule has 1 atom stereocenters. The van der Waals surface area contributed by atoms with Gasteiger partial charge in [-0.2, -0.15) is 0 Å². The number of nitrogens with zero attached hydrogens (tertiary/aromatic N) is 4. The van der Waals surface area contributed by atoms with Gasteiger partial charge in [0.05, 0.1) is 33.4 Å². The molecule has 8 nitrogen and oxygen atoms in total. The molecule has 0 bridgehead atoms. The van der Waals surface area contributed by atoms with Crippen LogP contribution in [0, 0.1) is 5.82 Å². The van der Waals surface area contributed by atoms with Gasteiger partial charge in [-0.05, 0) is 40.3 Å². The van der Waals surface area contributed by atoms with Gasteiger partial charge in [0.1, 0.15) is 43.5 Å². The fourth-order valence-electron chi connectivity index (χ4n) is 4.18. The molecule has 0 amide bonds. The Morgan fingerprint density at radius 1 is 1.03 bits per heavy atom. The lowest BCUT2D eigenvalue weighted by molar-refractivity contribution is -1.02. The molecule has 1 aliphatic rings. The predicted octanol–water partition coefficient (Wildman–Crippen LogP) is -0.620. The maximum absolute atomic E-state index is 13.3. The van der Waals surface area contributed by atoms with Gasteiger partial charge in [-0.25, -0.2) is 9.07 Å². The Morgan fingerprint density at radius 3 is 2.45 bits per heavy atom. The topological polar surface area (TPSA) is 70.9 Å². The van der Waals surface area contributed by atoms with Crippen LogP contribution in [0.4, 0.5) is 4.39 Å². The highest BCUT2D eigenvalue weighted by molar-refractivity contribution is 5.43. The first kappa shape index (κ1) is 21.2. The Balaban J connectivity index is 1.74. The number of nitrogens with one attached hydrogen (secondary N) is 2. The Hall–Kier alpha value is -3.04. The van der Waals surface area contributed by atoms with Crippen LogP contribution in [0.15, 0.2) is 42.5 Å². The first-order chi connectivity index (χ1) is 15.1. The highest BCUT2D eigenvalue weighted by Crippen LogP contribution is 2.31. The van der Waals surface area contributed by atoms with Crippen LogP contribution in [0.1, 0.15) is 23.0 Å². The fraction of sp³-hybridized carbons (Fsp3) is 0.409. The standard InChI is InChI=1S/C22H27FN6O2/c1-27-10-12-28(13-11-27)21(19-9-8-18(30-2)14-20(19)31-3)22-24-25-26-29(22)15-16-4-6-17(23)7-5-16/h4-9,14,21H,10-13,15H2,1-3H3/p+2/t21-/m0/s1. The molecule has 0 unspecified atom stereocenters. The highest BCUT2D eigenvalue weighted by atomic mass is 19.1. The molecule has 2 N–H and O–H groups in total. The maximum Gasteiger partial charge on any atom is 0.214 e. The minimum absolute atomic E-state index is 0.0931. The van der Waals surface area contributed by atoms with Crippen LogP contribution in [0.3, 0.4) is 0 Å². The number of benzene rings is 2. The molecule has 0 saturated carbocycles. The number of rotatable bonds is 7. The summed E-state index contributed by atoms with van der Waals surface area (Å²) < 4.78 is 26.3. The number of methoxy groups -OCH3 is 2. The molecule has 1 aliphatic heterocycles. The summed E-state index contributed by atoms with van der Waals surface area (Å²) in [5.74, 6) is 2.00. The van der Waals surface area contributed by atoms with Crippen LogP contribution in [0.2, 0.25) is 0 Å². The number of likely N-dealkylation sites (N-methyl/N-ethyl adjacent to an activating group) is 1. The number of hydrogen-bond acceptors (Lipinski definition) is 5. The molecule has 0 aliphatic carbocycles. The lowest BCUT2D eigenvalue weighted by atomic mass is 10.0. The van der Waals surface area contributed by atoms with E-state index in [1.54, 1.807) is 31.0 Å². The average Bonchev–Trinajstić information content (AvgIpc) is 3.24. The van der Waals surface area contributed by atoms with E-state index in [4.69, 9.17) is 9.47 Å². The van der Waals surface area contributed by atoms with Crippen molar-refractivity contribution in [2.45, 2.75) is 12.6 Å². The quantitative estimate of drug-likeness (QED) is 0.525. The highest BCUT2D eigenvalue weighted by Gasteiger charge is 2.36. The second-order valence-corrected chi connectivity index (χ2v) is 7.98. The smallest absolute Gasteiger partial charge is 0.214 e. The molecule has 0 radical (unpaired) electrons. The van der Waals surface area contributed by atoms with Crippen molar-refractivity contribution in [2.75, 3.05) is 47.4 Å². The summed E-state index contributed by atoms with van der Waals surface area (Å²) >= 11 is 0. The zero-order valence-electron chi connectivity index (χ0n) is 18.1. The molecule has 3 aromatic rings. The van der Waals surface area contributed by atoms with E-state index < -0.39 is 0 Å². The van der Waals surface area contributed by atoms with Crippen molar-refractivity contribution in [2.24, 2.45) is 0 Å². The third kappa shape index (κ3) is 4.67. The van der Waals surface area contributed by atoms with Crippen molar-refractivity contribution in [3.63, 3.8) is 0 Å². The van der Waals surface area contributed by atoms with Crippen LogP contribution in [0.5, 0.6) is 11.5 Å². The van der Waals surface area contributed by atoms with Crippen LogP contribution in [-0.4, -0.2) is 67.7 Å². The second kappa shape index (κ2) is 9.40. The van der Waals surface area contributed by atoms with Crippen molar-refractivity contribution in [3.8, 4) is 11.5 Å². The van der Waals surface area contributed by atoms with Gasteiger partial charge in [0, 0.05) is 6.07 Å². The molecule has 9 heteroatoms. The van der Waals surface area contributed by atoms with Gasteiger partial charge in [-0.1, -0.05) is 12.1 Å². The Bertz CT molecular complexity index is 1000. The largest absolute Gasteiger partial charge is 0.497 e. The summed E-state index contributed by atoms with van der Waals surface area (Å²) in [5, 5.41) is 12.7. The zero-order chi connectivity index (χ0) is 21.8. The van der Waals surface area contributed by atoms with E-state index >= 15 is 0 Å². The second-order valence-electron chi connectivity index (χ2n) is 7.98. The number of tetrazole rings is 1. The van der Waals surface area contributed by atoms with E-state index in [0.29, 0.717) is 6.54 Å². The fourth-order valence-corrected chi connectivity index (χ4v) is 4.18. The third-order valence-electron chi connectivity index (χ3n) is 5.97. The average molecular weight is 429 g/mol. The predicted molar refractivity (Wildman–Crippen MR) is 112 cm³/mol. The van der Waals surface area contributed by atoms with Gasteiger partial charge >= 0.3 is 0 Å². The molecule has 1 aromatic heterocycles. The Labute approximate surface area is 181 Å². The normalized spacial score (nSPS) is 19.7. The van der Waals surface area contributed by atoms with Gasteiger partial charge in [0.25, 0.3) is 0 Å². The molecule has 0 spiro atoms. The summed E-state index contributed by atoms with van der Waals surface area (Å²) in [7, 11) is 5.53. The summed E-state index contributed by atoms with van der Waals surface area (Å²) in [5.41, 5.74) is 1.96. The minimum atomic E-state index is -0.258. The van der Waals surface area contributed by atoms with Crippen LogP contribution in [-0.2, 0) is 6.54 Å². The van der Waals surface area contributed by atoms with E-state index in [0.717, 1.165) is 54.6 Å². The van der Waals surface area contributed by atoms with E-state index in [1.807, 2.05) is 18.2 Å². The molecule has 1 fully saturated rings. The number of hydrogen-bond donors (Lipinski definition) is 2. The van der Waals surface area contributed by atoms with E-state index in [2.05, 4.69) is 22.6 Å². The van der Waals surface area contributed by atoms with Gasteiger partial charge in [0.2, 0.25) is 5.82 Å². The third-order valence-corrected chi connectivity index (χ3v) is 5.97. The number of aromatic nitrogens is 4. The van der Waals surface area contributed by atoms with Crippen molar-refractivity contribution < 1.29 is 23.7 Å². The monoisotopic (exact) mass is 428 g/mol. The maximum atomic E-state index is 13.3. The van der Waals surface area contributed by atoms with Crippen LogP contribution in [0.25, 0.3) is 0 Å². The van der Waals surface area contributed by atoms with Crippen molar-refractivity contribution in [1.29, 1.82) is 0 Å². The molecule has 1 saturated heterocycles. The lowest BCUT2D eigenvalue weighted by Crippen LogP contribution is -3.27. The summed E-state index contributed by atoms with van der Waals surface area (Å²) in [6.07, 6.45) is 0. The number of piperazine rings is 1. The number of quaternary nitrogens is 2. The minimum Gasteiger partial charge on any atom is -0.497 e. The van der Waals surface area contributed by atoms with Gasteiger partial charge in [-0.15, -0.1) is 5.10 Å². The zero-order valence-corrected chi connectivity index (χ0v) is 18.1. The molecular weight excluding hydrogens is 399 g/mol. The molecule has 4 rings (SSSR count). The van der Waals surface area contributed by atoms with Gasteiger partial charge in [0.15, 0.2) is 6.04 Å². The van der Waals surface area contributed by atoms with E-state index in [9.17, 15) is 4.39 Å².